The Morgan fingerprint density at radius 3 is 2.68 bits per heavy atom. The van der Waals surface area contributed by atoms with Crippen LogP contribution >= 0.6 is 0 Å². The fourth-order valence-corrected chi connectivity index (χ4v) is 3.31. The van der Waals surface area contributed by atoms with Crippen LogP contribution in [-0.2, 0) is 9.53 Å². The topological polar surface area (TPSA) is 58.6 Å². The van der Waals surface area contributed by atoms with Crippen molar-refractivity contribution in [3.8, 4) is 0 Å². The molecule has 2 aromatic carbocycles. The van der Waals surface area contributed by atoms with Crippen LogP contribution in [-0.4, -0.2) is 42.5 Å². The molecule has 1 fully saturated rings. The molecule has 1 aliphatic rings. The summed E-state index contributed by atoms with van der Waals surface area (Å²) >= 11 is 0. The van der Waals surface area contributed by atoms with Gasteiger partial charge in [-0.25, -0.2) is 4.39 Å². The Morgan fingerprint density at radius 2 is 1.96 bits per heavy atom. The summed E-state index contributed by atoms with van der Waals surface area (Å²) in [6.45, 7) is 4.63. The van der Waals surface area contributed by atoms with E-state index in [-0.39, 0.29) is 30.7 Å². The zero-order chi connectivity index (χ0) is 20.1. The summed E-state index contributed by atoms with van der Waals surface area (Å²) in [5.74, 6) is -1.43. The van der Waals surface area contributed by atoms with Crippen molar-refractivity contribution in [3.05, 3.63) is 65.0 Å². The molecular weight excluding hydrogens is 359 g/mol. The third-order valence-corrected chi connectivity index (χ3v) is 5.05. The van der Waals surface area contributed by atoms with E-state index in [0.717, 1.165) is 24.0 Å². The van der Waals surface area contributed by atoms with Crippen LogP contribution in [0.2, 0.25) is 0 Å². The predicted octanol–water partition coefficient (Wildman–Crippen LogP) is 3.70. The molecule has 148 valence electrons. The first-order valence-electron chi connectivity index (χ1n) is 9.47. The summed E-state index contributed by atoms with van der Waals surface area (Å²) in [6, 6.07) is 11.5. The van der Waals surface area contributed by atoms with Gasteiger partial charge in [0.05, 0.1) is 11.7 Å². The number of carbonyl (C=O) groups is 2. The first-order valence-corrected chi connectivity index (χ1v) is 9.47. The molecule has 0 aliphatic carbocycles. The number of aryl methyl sites for hydroxylation is 1. The SMILES string of the molecule is Cc1cccc(NC(=O)CN(C[C@@H]2CCCO2)C(=O)c2ccccc2F)c1C. The van der Waals surface area contributed by atoms with Crippen molar-refractivity contribution in [1.29, 1.82) is 0 Å². The standard InChI is InChI=1S/C22H25FN2O3/c1-15-7-5-11-20(16(15)2)24-21(26)14-25(13-17-8-6-12-28-17)22(27)18-9-3-4-10-19(18)23/h3-5,7,9-11,17H,6,8,12-14H2,1-2H3,(H,24,26)/t17-/m0/s1. The third kappa shape index (κ3) is 4.75. The van der Waals surface area contributed by atoms with Crippen molar-refractivity contribution >= 4 is 17.5 Å². The Balaban J connectivity index is 1.76. The van der Waals surface area contributed by atoms with Gasteiger partial charge in [0, 0.05) is 18.8 Å². The molecule has 1 saturated heterocycles. The lowest BCUT2D eigenvalue weighted by molar-refractivity contribution is -0.117. The van der Waals surface area contributed by atoms with Crippen LogP contribution < -0.4 is 5.32 Å². The monoisotopic (exact) mass is 384 g/mol. The number of halogens is 1. The molecule has 6 heteroatoms. The van der Waals surface area contributed by atoms with E-state index in [1.807, 2.05) is 32.0 Å². The summed E-state index contributed by atoms with van der Waals surface area (Å²) in [7, 11) is 0. The van der Waals surface area contributed by atoms with E-state index in [4.69, 9.17) is 4.74 Å². The average molecular weight is 384 g/mol. The molecule has 0 saturated carbocycles. The fraction of sp³-hybridized carbons (Fsp3) is 0.364. The van der Waals surface area contributed by atoms with Gasteiger partial charge in [0.2, 0.25) is 5.91 Å². The van der Waals surface area contributed by atoms with E-state index in [0.29, 0.717) is 12.3 Å². The summed E-state index contributed by atoms with van der Waals surface area (Å²) in [4.78, 5) is 26.9. The van der Waals surface area contributed by atoms with Crippen LogP contribution in [0.3, 0.4) is 0 Å². The van der Waals surface area contributed by atoms with E-state index < -0.39 is 11.7 Å². The molecule has 1 atom stereocenters. The quantitative estimate of drug-likeness (QED) is 0.826. The lowest BCUT2D eigenvalue weighted by Gasteiger charge is -2.25. The maximum Gasteiger partial charge on any atom is 0.257 e. The Kier molecular flexibility index (Phi) is 6.41. The Bertz CT molecular complexity index is 863. The highest BCUT2D eigenvalue weighted by atomic mass is 19.1. The number of nitrogens with zero attached hydrogens (tertiary/aromatic N) is 1. The zero-order valence-corrected chi connectivity index (χ0v) is 16.2. The molecule has 1 N–H and O–H groups in total. The van der Waals surface area contributed by atoms with Gasteiger partial charge in [-0.3, -0.25) is 9.59 Å². The largest absolute Gasteiger partial charge is 0.376 e. The van der Waals surface area contributed by atoms with E-state index in [9.17, 15) is 14.0 Å². The Labute approximate surface area is 164 Å². The van der Waals surface area contributed by atoms with Crippen LogP contribution in [0.25, 0.3) is 0 Å². The zero-order valence-electron chi connectivity index (χ0n) is 16.2. The molecule has 28 heavy (non-hydrogen) atoms. The smallest absolute Gasteiger partial charge is 0.257 e. The second kappa shape index (κ2) is 8.97. The van der Waals surface area contributed by atoms with Crippen LogP contribution in [0.5, 0.6) is 0 Å². The third-order valence-electron chi connectivity index (χ3n) is 5.05. The van der Waals surface area contributed by atoms with Gasteiger partial charge in [-0.05, 0) is 56.0 Å². The molecule has 2 aromatic rings. The number of amides is 2. The maximum atomic E-state index is 14.1. The molecule has 0 bridgehead atoms. The minimum Gasteiger partial charge on any atom is -0.376 e. The minimum atomic E-state index is -0.597. The second-order valence-corrected chi connectivity index (χ2v) is 7.10. The van der Waals surface area contributed by atoms with Gasteiger partial charge in [0.1, 0.15) is 12.4 Å². The first kappa shape index (κ1) is 20.0. The first-order chi connectivity index (χ1) is 13.5. The molecular formula is C22H25FN2O3. The van der Waals surface area contributed by atoms with E-state index in [1.54, 1.807) is 6.07 Å². The van der Waals surface area contributed by atoms with Gasteiger partial charge in [-0.1, -0.05) is 24.3 Å². The average Bonchev–Trinajstić information content (AvgIpc) is 3.18. The molecule has 1 heterocycles. The predicted molar refractivity (Wildman–Crippen MR) is 106 cm³/mol. The highest BCUT2D eigenvalue weighted by Gasteiger charge is 2.26. The summed E-state index contributed by atoms with van der Waals surface area (Å²) in [6.07, 6.45) is 1.60. The second-order valence-electron chi connectivity index (χ2n) is 7.10. The number of ether oxygens (including phenoxy) is 1. The molecule has 0 radical (unpaired) electrons. The number of anilines is 1. The van der Waals surface area contributed by atoms with Crippen LogP contribution in [0.15, 0.2) is 42.5 Å². The summed E-state index contributed by atoms with van der Waals surface area (Å²) in [5, 5.41) is 2.86. The fourth-order valence-electron chi connectivity index (χ4n) is 3.31. The summed E-state index contributed by atoms with van der Waals surface area (Å²) in [5.41, 5.74) is 2.71. The Hall–Kier alpha value is -2.73. The molecule has 0 aromatic heterocycles. The number of hydrogen-bond donors (Lipinski definition) is 1. The molecule has 2 amide bonds. The van der Waals surface area contributed by atoms with Crippen LogP contribution in [0.1, 0.15) is 34.3 Å². The van der Waals surface area contributed by atoms with Crippen molar-refractivity contribution in [3.63, 3.8) is 0 Å². The molecule has 3 rings (SSSR count). The van der Waals surface area contributed by atoms with Gasteiger partial charge >= 0.3 is 0 Å². The van der Waals surface area contributed by atoms with Gasteiger partial charge in [0.15, 0.2) is 0 Å². The van der Waals surface area contributed by atoms with E-state index in [2.05, 4.69) is 5.32 Å². The highest BCUT2D eigenvalue weighted by Crippen LogP contribution is 2.19. The normalized spacial score (nSPS) is 16.0. The van der Waals surface area contributed by atoms with Crippen molar-refractivity contribution < 1.29 is 18.7 Å². The van der Waals surface area contributed by atoms with Crippen molar-refractivity contribution in [2.75, 3.05) is 25.0 Å². The van der Waals surface area contributed by atoms with Crippen LogP contribution in [0, 0.1) is 19.7 Å². The minimum absolute atomic E-state index is 0.0416. The number of rotatable bonds is 6. The van der Waals surface area contributed by atoms with Crippen LogP contribution in [0.4, 0.5) is 10.1 Å². The Morgan fingerprint density at radius 1 is 1.18 bits per heavy atom. The van der Waals surface area contributed by atoms with Gasteiger partial charge in [-0.2, -0.15) is 0 Å². The van der Waals surface area contributed by atoms with E-state index in [1.165, 1.54) is 23.1 Å². The molecule has 5 nitrogen and oxygen atoms in total. The van der Waals surface area contributed by atoms with Gasteiger partial charge < -0.3 is 15.0 Å². The number of carbonyl (C=O) groups excluding carboxylic acids is 2. The number of benzene rings is 2. The van der Waals surface area contributed by atoms with Gasteiger partial charge in [-0.15, -0.1) is 0 Å². The molecule has 1 aliphatic heterocycles. The lowest BCUT2D eigenvalue weighted by Crippen LogP contribution is -2.42. The maximum absolute atomic E-state index is 14.1. The van der Waals surface area contributed by atoms with Gasteiger partial charge in [0.25, 0.3) is 5.91 Å². The highest BCUT2D eigenvalue weighted by molar-refractivity contribution is 5.99. The summed E-state index contributed by atoms with van der Waals surface area (Å²) < 4.78 is 19.7. The van der Waals surface area contributed by atoms with Crippen molar-refractivity contribution in [1.82, 2.24) is 4.90 Å². The van der Waals surface area contributed by atoms with Crippen molar-refractivity contribution in [2.45, 2.75) is 32.8 Å². The lowest BCUT2D eigenvalue weighted by atomic mass is 10.1. The molecule has 0 spiro atoms. The molecule has 0 unspecified atom stereocenters. The number of nitrogens with one attached hydrogen (secondary N) is 1. The van der Waals surface area contributed by atoms with Crippen molar-refractivity contribution in [2.24, 2.45) is 0 Å². The van der Waals surface area contributed by atoms with E-state index >= 15 is 0 Å². The number of hydrogen-bond acceptors (Lipinski definition) is 3.